The van der Waals surface area contributed by atoms with Crippen LogP contribution in [0.25, 0.3) is 0 Å². The Morgan fingerprint density at radius 3 is 2.54 bits per heavy atom. The fourth-order valence-electron chi connectivity index (χ4n) is 2.57. The zero-order chi connectivity index (χ0) is 17.5. The predicted octanol–water partition coefficient (Wildman–Crippen LogP) is 0.0571. The Labute approximate surface area is 136 Å². The van der Waals surface area contributed by atoms with Crippen LogP contribution >= 0.6 is 0 Å². The second-order valence-corrected chi connectivity index (χ2v) is 7.01. The van der Waals surface area contributed by atoms with Crippen LogP contribution in [-0.4, -0.2) is 24.3 Å². The molecule has 10 heteroatoms. The lowest BCUT2D eigenvalue weighted by Crippen LogP contribution is -2.31. The Hall–Kier alpha value is -2.88. The Morgan fingerprint density at radius 1 is 1.08 bits per heavy atom. The lowest BCUT2D eigenvalue weighted by molar-refractivity contribution is -0.116. The number of aromatic amines is 2. The van der Waals surface area contributed by atoms with Crippen LogP contribution in [0, 0.1) is 6.92 Å². The van der Waals surface area contributed by atoms with Crippen molar-refractivity contribution in [2.45, 2.75) is 24.7 Å². The zero-order valence-corrected chi connectivity index (χ0v) is 13.4. The minimum absolute atomic E-state index is 0.0542. The summed E-state index contributed by atoms with van der Waals surface area (Å²) in [7, 11) is -4.18. The molecule has 1 aliphatic rings. The molecule has 0 saturated heterocycles. The number of anilines is 2. The van der Waals surface area contributed by atoms with Gasteiger partial charge in [0.15, 0.2) is 4.90 Å². The molecule has 1 amide bonds. The first-order chi connectivity index (χ1) is 11.3. The molecule has 2 aromatic rings. The fraction of sp³-hybridized carbons (Fsp3) is 0.214. The maximum atomic E-state index is 12.5. The number of rotatable bonds is 3. The topological polar surface area (TPSA) is 141 Å². The SMILES string of the molecule is Cc1[nH]c(=O)[nH]c(=O)c1S(=O)(=O)Nc1ccc2c(c1)CCC(=O)N2. The van der Waals surface area contributed by atoms with E-state index in [1.807, 2.05) is 4.98 Å². The van der Waals surface area contributed by atoms with E-state index in [0.717, 1.165) is 5.56 Å². The highest BCUT2D eigenvalue weighted by molar-refractivity contribution is 7.92. The van der Waals surface area contributed by atoms with Crippen molar-refractivity contribution in [3.8, 4) is 0 Å². The minimum atomic E-state index is -4.18. The number of carbonyl (C=O) groups is 1. The molecule has 0 spiro atoms. The Morgan fingerprint density at radius 2 is 1.83 bits per heavy atom. The fourth-order valence-corrected chi connectivity index (χ4v) is 3.85. The van der Waals surface area contributed by atoms with Crippen LogP contribution in [0.15, 0.2) is 32.7 Å². The molecule has 3 rings (SSSR count). The first-order valence-corrected chi connectivity index (χ1v) is 8.53. The van der Waals surface area contributed by atoms with Crippen molar-refractivity contribution < 1.29 is 13.2 Å². The molecule has 4 N–H and O–H groups in total. The lowest BCUT2D eigenvalue weighted by Gasteiger charge is -2.18. The molecule has 1 aliphatic heterocycles. The molecular formula is C14H14N4O5S. The molecular weight excluding hydrogens is 336 g/mol. The molecule has 2 heterocycles. The quantitative estimate of drug-likeness (QED) is 0.619. The Kier molecular flexibility index (Phi) is 3.76. The lowest BCUT2D eigenvalue weighted by atomic mass is 10.0. The normalized spacial score (nSPS) is 14.0. The van der Waals surface area contributed by atoms with Crippen molar-refractivity contribution in [1.29, 1.82) is 0 Å². The third kappa shape index (κ3) is 2.95. The average molecular weight is 350 g/mol. The number of aromatic nitrogens is 2. The summed E-state index contributed by atoms with van der Waals surface area (Å²) in [6.07, 6.45) is 0.816. The number of aryl methyl sites for hydroxylation is 2. The average Bonchev–Trinajstić information content (AvgIpc) is 2.45. The van der Waals surface area contributed by atoms with Gasteiger partial charge in [-0.3, -0.25) is 19.3 Å². The van der Waals surface area contributed by atoms with Crippen LogP contribution in [-0.2, 0) is 21.2 Å². The van der Waals surface area contributed by atoms with Crippen molar-refractivity contribution in [1.82, 2.24) is 9.97 Å². The molecule has 0 atom stereocenters. The number of hydrogen-bond donors (Lipinski definition) is 4. The molecule has 0 bridgehead atoms. The second kappa shape index (κ2) is 5.64. The highest BCUT2D eigenvalue weighted by Crippen LogP contribution is 2.26. The zero-order valence-electron chi connectivity index (χ0n) is 12.6. The van der Waals surface area contributed by atoms with Gasteiger partial charge < -0.3 is 10.3 Å². The van der Waals surface area contributed by atoms with E-state index in [1.165, 1.54) is 13.0 Å². The molecule has 0 saturated carbocycles. The third-order valence-electron chi connectivity index (χ3n) is 3.60. The number of benzene rings is 1. The van der Waals surface area contributed by atoms with E-state index in [4.69, 9.17) is 0 Å². The summed E-state index contributed by atoms with van der Waals surface area (Å²) in [5.41, 5.74) is -0.138. The van der Waals surface area contributed by atoms with E-state index in [-0.39, 0.29) is 17.3 Å². The van der Waals surface area contributed by atoms with Crippen molar-refractivity contribution in [3.05, 3.63) is 50.3 Å². The first-order valence-electron chi connectivity index (χ1n) is 7.05. The first kappa shape index (κ1) is 16.0. The van der Waals surface area contributed by atoms with Gasteiger partial charge in [-0.1, -0.05) is 0 Å². The summed E-state index contributed by atoms with van der Waals surface area (Å²) in [6, 6.07) is 4.67. The van der Waals surface area contributed by atoms with Gasteiger partial charge in [-0.15, -0.1) is 0 Å². The van der Waals surface area contributed by atoms with Gasteiger partial charge in [0.1, 0.15) is 0 Å². The summed E-state index contributed by atoms with van der Waals surface area (Å²) in [5.74, 6) is -0.0915. The largest absolute Gasteiger partial charge is 0.326 e. The van der Waals surface area contributed by atoms with Gasteiger partial charge in [-0.2, -0.15) is 0 Å². The van der Waals surface area contributed by atoms with Crippen LogP contribution in [0.1, 0.15) is 17.7 Å². The van der Waals surface area contributed by atoms with E-state index < -0.39 is 26.2 Å². The number of sulfonamides is 1. The number of hydrogen-bond acceptors (Lipinski definition) is 5. The van der Waals surface area contributed by atoms with E-state index in [1.54, 1.807) is 12.1 Å². The van der Waals surface area contributed by atoms with Crippen LogP contribution in [0.2, 0.25) is 0 Å². The number of nitrogens with one attached hydrogen (secondary N) is 4. The number of carbonyl (C=O) groups excluding carboxylic acids is 1. The summed E-state index contributed by atoms with van der Waals surface area (Å²) < 4.78 is 27.2. The number of amides is 1. The second-order valence-electron chi connectivity index (χ2n) is 5.39. The number of fused-ring (bicyclic) bond motifs is 1. The predicted molar refractivity (Wildman–Crippen MR) is 86.6 cm³/mol. The summed E-state index contributed by atoms with van der Waals surface area (Å²) >= 11 is 0. The standard InChI is InChI=1S/C14H14N4O5S/c1-7-12(13(20)17-14(21)15-7)24(22,23)18-9-3-4-10-8(6-9)2-5-11(19)16-10/h3-4,6,18H,2,5H2,1H3,(H,16,19)(H2,15,17,20,21). The van der Waals surface area contributed by atoms with Crippen molar-refractivity contribution in [3.63, 3.8) is 0 Å². The maximum absolute atomic E-state index is 12.5. The molecule has 126 valence electrons. The van der Waals surface area contributed by atoms with Gasteiger partial charge >= 0.3 is 5.69 Å². The van der Waals surface area contributed by atoms with Gasteiger partial charge in [0.25, 0.3) is 15.6 Å². The van der Waals surface area contributed by atoms with E-state index in [9.17, 15) is 22.8 Å². The van der Waals surface area contributed by atoms with Gasteiger partial charge in [0.05, 0.1) is 0 Å². The molecule has 9 nitrogen and oxygen atoms in total. The smallest absolute Gasteiger partial charge is 0.325 e. The van der Waals surface area contributed by atoms with Crippen LogP contribution in [0.5, 0.6) is 0 Å². The van der Waals surface area contributed by atoms with Crippen molar-refractivity contribution in [2.24, 2.45) is 0 Å². The van der Waals surface area contributed by atoms with Gasteiger partial charge in [-0.05, 0) is 37.1 Å². The molecule has 24 heavy (non-hydrogen) atoms. The maximum Gasteiger partial charge on any atom is 0.325 e. The molecule has 1 aromatic carbocycles. The van der Waals surface area contributed by atoms with E-state index in [0.29, 0.717) is 18.5 Å². The van der Waals surface area contributed by atoms with Crippen molar-refractivity contribution >= 4 is 27.3 Å². The summed E-state index contributed by atoms with van der Waals surface area (Å²) in [5, 5.41) is 2.70. The van der Waals surface area contributed by atoms with Gasteiger partial charge in [0.2, 0.25) is 5.91 Å². The van der Waals surface area contributed by atoms with Gasteiger partial charge in [0, 0.05) is 23.5 Å². The summed E-state index contributed by atoms with van der Waals surface area (Å²) in [6.45, 7) is 1.33. The van der Waals surface area contributed by atoms with Crippen LogP contribution < -0.4 is 21.3 Å². The highest BCUT2D eigenvalue weighted by atomic mass is 32.2. The third-order valence-corrected chi connectivity index (χ3v) is 5.13. The van der Waals surface area contributed by atoms with Crippen LogP contribution in [0.4, 0.5) is 11.4 Å². The Balaban J connectivity index is 1.98. The van der Waals surface area contributed by atoms with E-state index in [2.05, 4.69) is 15.0 Å². The monoisotopic (exact) mass is 350 g/mol. The molecule has 0 fully saturated rings. The summed E-state index contributed by atoms with van der Waals surface area (Å²) in [4.78, 5) is 37.9. The highest BCUT2D eigenvalue weighted by Gasteiger charge is 2.23. The van der Waals surface area contributed by atoms with Gasteiger partial charge in [-0.25, -0.2) is 13.2 Å². The molecule has 1 aromatic heterocycles. The Bertz CT molecular complexity index is 1050. The van der Waals surface area contributed by atoms with Crippen LogP contribution in [0.3, 0.4) is 0 Å². The molecule has 0 radical (unpaired) electrons. The molecule has 0 aliphatic carbocycles. The van der Waals surface area contributed by atoms with Crippen molar-refractivity contribution in [2.75, 3.05) is 10.0 Å². The molecule has 0 unspecified atom stereocenters. The minimum Gasteiger partial charge on any atom is -0.326 e. The number of H-pyrrole nitrogens is 2. The van der Waals surface area contributed by atoms with E-state index >= 15 is 0 Å².